The Morgan fingerprint density at radius 3 is 2.71 bits per heavy atom. The third-order valence-corrected chi connectivity index (χ3v) is 5.87. The van der Waals surface area contributed by atoms with E-state index in [-0.39, 0.29) is 11.9 Å². The zero-order valence-electron chi connectivity index (χ0n) is 18.5. The smallest absolute Gasteiger partial charge is 0.255 e. The summed E-state index contributed by atoms with van der Waals surface area (Å²) in [7, 11) is 1.53. The molecule has 34 heavy (non-hydrogen) atoms. The Labute approximate surface area is 195 Å². The van der Waals surface area contributed by atoms with Crippen LogP contribution in [0.5, 0.6) is 5.75 Å². The molecule has 0 saturated carbocycles. The summed E-state index contributed by atoms with van der Waals surface area (Å²) in [5.74, 6) is 0.624. The van der Waals surface area contributed by atoms with Crippen LogP contribution in [0.3, 0.4) is 0 Å². The molecule has 4 aromatic rings. The van der Waals surface area contributed by atoms with Gasteiger partial charge < -0.3 is 15.8 Å². The molecule has 0 bridgehead atoms. The summed E-state index contributed by atoms with van der Waals surface area (Å²) in [5.41, 5.74) is 9.59. The molecule has 0 spiro atoms. The number of para-hydroxylation sites is 1. The van der Waals surface area contributed by atoms with Crippen molar-refractivity contribution in [2.75, 3.05) is 12.8 Å². The van der Waals surface area contributed by atoms with Gasteiger partial charge in [0.25, 0.3) is 5.91 Å². The number of fused-ring (bicyclic) bond motifs is 1. The molecule has 1 aliphatic carbocycles. The third-order valence-electron chi connectivity index (χ3n) is 5.87. The van der Waals surface area contributed by atoms with Crippen LogP contribution in [0.25, 0.3) is 22.3 Å². The number of nitrogens with zero attached hydrogens (tertiary/aromatic N) is 4. The number of alkyl halides is 1. The maximum absolute atomic E-state index is 13.8. The van der Waals surface area contributed by atoms with Crippen molar-refractivity contribution in [3.05, 3.63) is 78.1 Å². The molecule has 2 heterocycles. The lowest BCUT2D eigenvalue weighted by atomic mass is 10.1. The van der Waals surface area contributed by atoms with Gasteiger partial charge in [-0.15, -0.1) is 0 Å². The molecule has 1 amide bonds. The molecule has 1 aliphatic rings. The number of halogens is 1. The molecule has 0 aliphatic heterocycles. The largest absolute Gasteiger partial charge is 0.496 e. The molecular formula is C25H23FN6O2. The molecule has 3 N–H and O–H groups in total. The van der Waals surface area contributed by atoms with E-state index in [4.69, 9.17) is 15.6 Å². The van der Waals surface area contributed by atoms with Gasteiger partial charge in [0.05, 0.1) is 24.1 Å². The van der Waals surface area contributed by atoms with Crippen LogP contribution in [0.15, 0.2) is 67.0 Å². The Balaban J connectivity index is 1.39. The van der Waals surface area contributed by atoms with Gasteiger partial charge in [-0.25, -0.2) is 19.0 Å². The second kappa shape index (κ2) is 8.93. The minimum absolute atomic E-state index is 0.216. The van der Waals surface area contributed by atoms with Gasteiger partial charge >= 0.3 is 0 Å². The second-order valence-electron chi connectivity index (χ2n) is 8.03. The lowest BCUT2D eigenvalue weighted by Gasteiger charge is -2.10. The number of hydrogen-bond donors (Lipinski definition) is 2. The van der Waals surface area contributed by atoms with E-state index < -0.39 is 6.17 Å². The summed E-state index contributed by atoms with van der Waals surface area (Å²) in [6, 6.07) is 14.5. The number of nitrogen functional groups attached to an aromatic ring is 1. The van der Waals surface area contributed by atoms with Crippen molar-refractivity contribution in [1.82, 2.24) is 25.1 Å². The van der Waals surface area contributed by atoms with Gasteiger partial charge in [0.2, 0.25) is 0 Å². The van der Waals surface area contributed by atoms with Crippen molar-refractivity contribution < 1.29 is 13.9 Å². The van der Waals surface area contributed by atoms with Crippen LogP contribution in [0.4, 0.5) is 10.2 Å². The van der Waals surface area contributed by atoms with Crippen molar-refractivity contribution in [3.63, 3.8) is 0 Å². The highest BCUT2D eigenvalue weighted by atomic mass is 19.1. The van der Waals surface area contributed by atoms with Crippen molar-refractivity contribution in [3.8, 4) is 17.0 Å². The fourth-order valence-electron chi connectivity index (χ4n) is 4.14. The summed E-state index contributed by atoms with van der Waals surface area (Å²) >= 11 is 0. The Morgan fingerprint density at radius 2 is 1.97 bits per heavy atom. The van der Waals surface area contributed by atoms with Crippen molar-refractivity contribution >= 4 is 22.8 Å². The zero-order chi connectivity index (χ0) is 23.7. The minimum atomic E-state index is -1.00. The fraction of sp³-hybridized carbons (Fsp3) is 0.200. The van der Waals surface area contributed by atoms with Crippen LogP contribution in [-0.4, -0.2) is 38.9 Å². The number of benzene rings is 2. The quantitative estimate of drug-likeness (QED) is 0.425. The lowest BCUT2D eigenvalue weighted by Crippen LogP contribution is -2.23. The first-order valence-corrected chi connectivity index (χ1v) is 10.9. The maximum Gasteiger partial charge on any atom is 0.255 e. The van der Waals surface area contributed by atoms with Gasteiger partial charge in [0, 0.05) is 18.5 Å². The summed E-state index contributed by atoms with van der Waals surface area (Å²) in [4.78, 5) is 21.0. The van der Waals surface area contributed by atoms with E-state index in [1.165, 1.54) is 19.5 Å². The maximum atomic E-state index is 13.8. The van der Waals surface area contributed by atoms with E-state index in [1.807, 2.05) is 30.3 Å². The number of amides is 1. The van der Waals surface area contributed by atoms with Crippen molar-refractivity contribution in [1.29, 1.82) is 0 Å². The highest BCUT2D eigenvalue weighted by molar-refractivity contribution is 5.98. The Morgan fingerprint density at radius 1 is 1.18 bits per heavy atom. The molecule has 0 unspecified atom stereocenters. The Kier molecular flexibility index (Phi) is 5.67. The van der Waals surface area contributed by atoms with Crippen LogP contribution in [0, 0.1) is 0 Å². The van der Waals surface area contributed by atoms with Crippen LogP contribution >= 0.6 is 0 Å². The molecule has 8 nitrogen and oxygen atoms in total. The van der Waals surface area contributed by atoms with E-state index in [9.17, 15) is 9.18 Å². The molecule has 0 fully saturated rings. The molecule has 0 radical (unpaired) electrons. The van der Waals surface area contributed by atoms with E-state index in [1.54, 1.807) is 29.0 Å². The van der Waals surface area contributed by atoms with E-state index in [2.05, 4.69) is 15.3 Å². The number of nitrogens with one attached hydrogen (secondary N) is 1. The fourth-order valence-corrected chi connectivity index (χ4v) is 4.14. The number of carbonyl (C=O) groups excluding carboxylic acids is 1. The minimum Gasteiger partial charge on any atom is -0.496 e. The van der Waals surface area contributed by atoms with Gasteiger partial charge in [-0.1, -0.05) is 48.6 Å². The predicted molar refractivity (Wildman–Crippen MR) is 127 cm³/mol. The van der Waals surface area contributed by atoms with E-state index >= 15 is 0 Å². The standard InChI is InChI=1S/C25H23FN6O2/c1-34-20-5-3-2-4-19(20)25(33)28-13-15-6-8-16(9-7-15)22-21-23(27)29-14-30-24(21)32(31-22)18-11-10-17(26)12-18/h2-11,14,17-18H,12-13H2,1H3,(H,28,33)(H2,27,29,30)/t17-,18-/m0/s1. The number of allylic oxidation sites excluding steroid dienone is 2. The normalized spacial score (nSPS) is 17.2. The highest BCUT2D eigenvalue weighted by Gasteiger charge is 2.25. The Bertz CT molecular complexity index is 1380. The summed E-state index contributed by atoms with van der Waals surface area (Å²) in [6.45, 7) is 0.350. The number of methoxy groups -OCH3 is 1. The summed E-state index contributed by atoms with van der Waals surface area (Å²) < 4.78 is 20.7. The topological polar surface area (TPSA) is 108 Å². The second-order valence-corrected chi connectivity index (χ2v) is 8.03. The molecular weight excluding hydrogens is 435 g/mol. The molecule has 9 heteroatoms. The van der Waals surface area contributed by atoms with Gasteiger partial charge in [0.1, 0.15) is 29.8 Å². The highest BCUT2D eigenvalue weighted by Crippen LogP contribution is 2.34. The van der Waals surface area contributed by atoms with Gasteiger partial charge in [-0.3, -0.25) is 4.79 Å². The molecule has 2 aromatic heterocycles. The Hall–Kier alpha value is -4.27. The van der Waals surface area contributed by atoms with Crippen LogP contribution in [-0.2, 0) is 6.54 Å². The molecule has 172 valence electrons. The number of nitrogens with two attached hydrogens (primary N) is 1. The monoisotopic (exact) mass is 458 g/mol. The average molecular weight is 458 g/mol. The van der Waals surface area contributed by atoms with E-state index in [0.29, 0.717) is 46.8 Å². The number of anilines is 1. The number of hydrogen-bond acceptors (Lipinski definition) is 6. The first-order valence-electron chi connectivity index (χ1n) is 10.9. The van der Waals surface area contributed by atoms with Gasteiger partial charge in [-0.2, -0.15) is 5.10 Å². The van der Waals surface area contributed by atoms with Crippen LogP contribution in [0.1, 0.15) is 28.4 Å². The number of rotatable bonds is 6. The van der Waals surface area contributed by atoms with Gasteiger partial charge in [-0.05, 0) is 17.7 Å². The molecule has 2 aromatic carbocycles. The first kappa shape index (κ1) is 21.6. The number of aromatic nitrogens is 4. The SMILES string of the molecule is COc1ccccc1C(=O)NCc1ccc(-c2nn([C@H]3C=C[C@H](F)C3)c3ncnc(N)c23)cc1. The third kappa shape index (κ3) is 3.96. The average Bonchev–Trinajstić information content (AvgIpc) is 3.47. The molecule has 5 rings (SSSR count). The first-order chi connectivity index (χ1) is 16.5. The van der Waals surface area contributed by atoms with Crippen molar-refractivity contribution in [2.24, 2.45) is 0 Å². The van der Waals surface area contributed by atoms with E-state index in [0.717, 1.165) is 11.1 Å². The summed E-state index contributed by atoms with van der Waals surface area (Å²) in [5, 5.41) is 8.28. The number of ether oxygens (including phenoxy) is 1. The van der Waals surface area contributed by atoms with Crippen LogP contribution in [0.2, 0.25) is 0 Å². The van der Waals surface area contributed by atoms with Crippen molar-refractivity contribution in [2.45, 2.75) is 25.2 Å². The molecule has 0 saturated heterocycles. The molecule has 2 atom stereocenters. The van der Waals surface area contributed by atoms with Gasteiger partial charge in [0.15, 0.2) is 5.65 Å². The predicted octanol–water partition coefficient (Wildman–Crippen LogP) is 3.85. The lowest BCUT2D eigenvalue weighted by molar-refractivity contribution is 0.0948. The zero-order valence-corrected chi connectivity index (χ0v) is 18.5. The summed E-state index contributed by atoms with van der Waals surface area (Å²) in [6.07, 6.45) is 4.03. The van der Waals surface area contributed by atoms with Crippen LogP contribution < -0.4 is 15.8 Å². The number of carbonyl (C=O) groups is 1.